The van der Waals surface area contributed by atoms with Crippen LogP contribution in [-0.2, 0) is 0 Å². The molecule has 0 N–H and O–H groups in total. The van der Waals surface area contributed by atoms with Crippen molar-refractivity contribution in [1.82, 2.24) is 4.90 Å². The Bertz CT molecular complexity index is 133. The van der Waals surface area contributed by atoms with Crippen LogP contribution in [0.2, 0.25) is 0 Å². The lowest BCUT2D eigenvalue weighted by molar-refractivity contribution is 0.524. The van der Waals surface area contributed by atoms with Crippen LogP contribution in [0.4, 0.5) is 0 Å². The van der Waals surface area contributed by atoms with Crippen molar-refractivity contribution in [2.75, 3.05) is 19.6 Å². The van der Waals surface area contributed by atoms with E-state index < -0.39 is 0 Å². The van der Waals surface area contributed by atoms with E-state index in [1.807, 2.05) is 11.0 Å². The number of aliphatic imine (C=N–C) groups is 1. The molecule has 0 saturated carbocycles. The summed E-state index contributed by atoms with van der Waals surface area (Å²) in [6, 6.07) is 2.04. The van der Waals surface area contributed by atoms with Gasteiger partial charge in [0.05, 0.1) is 19.0 Å². The zero-order valence-electron chi connectivity index (χ0n) is 4.54. The molecule has 3 heteroatoms. The molecule has 0 aliphatic carbocycles. The highest BCUT2D eigenvalue weighted by molar-refractivity contribution is 5.57. The minimum Gasteiger partial charge on any atom is -0.348 e. The molecule has 1 aliphatic rings. The lowest BCUT2D eigenvalue weighted by atomic mass is 10.6. The molecular formula is C5H7N3. The zero-order chi connectivity index (χ0) is 5.82. The van der Waals surface area contributed by atoms with E-state index in [0.29, 0.717) is 6.54 Å². The van der Waals surface area contributed by atoms with Gasteiger partial charge in [-0.2, -0.15) is 5.26 Å². The second-order valence-corrected chi connectivity index (χ2v) is 1.65. The summed E-state index contributed by atoms with van der Waals surface area (Å²) in [5.74, 6) is 0. The Kier molecular flexibility index (Phi) is 1.48. The Morgan fingerprint density at radius 1 is 1.88 bits per heavy atom. The van der Waals surface area contributed by atoms with Gasteiger partial charge in [0.25, 0.3) is 0 Å². The van der Waals surface area contributed by atoms with Gasteiger partial charge in [-0.15, -0.1) is 0 Å². The van der Waals surface area contributed by atoms with Gasteiger partial charge in [-0.3, -0.25) is 4.99 Å². The first-order chi connectivity index (χ1) is 3.93. The molecule has 1 heterocycles. The predicted molar refractivity (Wildman–Crippen MR) is 30.5 cm³/mol. The van der Waals surface area contributed by atoms with Gasteiger partial charge in [0.2, 0.25) is 0 Å². The number of nitrogens with zero attached hydrogens (tertiary/aromatic N) is 3. The Labute approximate surface area is 48.2 Å². The largest absolute Gasteiger partial charge is 0.348 e. The molecule has 0 bridgehead atoms. The van der Waals surface area contributed by atoms with Gasteiger partial charge in [0.1, 0.15) is 6.54 Å². The Morgan fingerprint density at radius 2 is 2.75 bits per heavy atom. The molecular weight excluding hydrogens is 102 g/mol. The van der Waals surface area contributed by atoms with Crippen molar-refractivity contribution in [2.24, 2.45) is 4.99 Å². The average molecular weight is 109 g/mol. The third kappa shape index (κ3) is 0.969. The maximum Gasteiger partial charge on any atom is 0.106 e. The van der Waals surface area contributed by atoms with Crippen LogP contribution in [0.1, 0.15) is 0 Å². The molecule has 0 radical (unpaired) electrons. The number of rotatable bonds is 1. The van der Waals surface area contributed by atoms with E-state index in [0.717, 1.165) is 13.1 Å². The lowest BCUT2D eigenvalue weighted by Gasteiger charge is -2.05. The van der Waals surface area contributed by atoms with E-state index in [-0.39, 0.29) is 0 Å². The molecule has 0 aromatic carbocycles. The molecule has 0 fully saturated rings. The SMILES string of the molecule is N#CCN1C=NCC1. The predicted octanol–water partition coefficient (Wildman–Crippen LogP) is -0.146. The molecule has 1 aliphatic heterocycles. The van der Waals surface area contributed by atoms with Crippen LogP contribution in [0, 0.1) is 11.3 Å². The topological polar surface area (TPSA) is 39.4 Å². The summed E-state index contributed by atoms with van der Waals surface area (Å²) in [6.07, 6.45) is 1.73. The standard InChI is InChI=1S/C5H7N3/c6-1-3-8-4-2-7-5-8/h5H,2-4H2. The molecule has 0 saturated heterocycles. The first kappa shape index (κ1) is 5.10. The molecule has 1 rings (SSSR count). The summed E-state index contributed by atoms with van der Waals surface area (Å²) >= 11 is 0. The van der Waals surface area contributed by atoms with Crippen LogP contribution in [-0.4, -0.2) is 30.9 Å². The summed E-state index contributed by atoms with van der Waals surface area (Å²) in [7, 11) is 0. The summed E-state index contributed by atoms with van der Waals surface area (Å²) in [6.45, 7) is 2.23. The van der Waals surface area contributed by atoms with E-state index in [1.54, 1.807) is 6.34 Å². The molecule has 42 valence electrons. The first-order valence-electron chi connectivity index (χ1n) is 2.54. The van der Waals surface area contributed by atoms with Crippen molar-refractivity contribution in [3.63, 3.8) is 0 Å². The quantitative estimate of drug-likeness (QED) is 0.439. The van der Waals surface area contributed by atoms with Crippen LogP contribution >= 0.6 is 0 Å². The molecule has 0 aromatic rings. The second-order valence-electron chi connectivity index (χ2n) is 1.65. The summed E-state index contributed by atoms with van der Waals surface area (Å²) < 4.78 is 0. The minimum absolute atomic E-state index is 0.476. The smallest absolute Gasteiger partial charge is 0.106 e. The Hall–Kier alpha value is -1.04. The number of hydrogen-bond acceptors (Lipinski definition) is 3. The fourth-order valence-corrected chi connectivity index (χ4v) is 0.628. The maximum absolute atomic E-state index is 8.17. The molecule has 0 aromatic heterocycles. The molecule has 0 atom stereocenters. The van der Waals surface area contributed by atoms with Crippen molar-refractivity contribution in [2.45, 2.75) is 0 Å². The highest BCUT2D eigenvalue weighted by Crippen LogP contribution is 1.89. The van der Waals surface area contributed by atoms with E-state index >= 15 is 0 Å². The van der Waals surface area contributed by atoms with Gasteiger partial charge < -0.3 is 4.90 Å². The summed E-state index contributed by atoms with van der Waals surface area (Å²) in [5.41, 5.74) is 0. The van der Waals surface area contributed by atoms with Gasteiger partial charge in [-0.25, -0.2) is 0 Å². The van der Waals surface area contributed by atoms with E-state index in [4.69, 9.17) is 5.26 Å². The van der Waals surface area contributed by atoms with Gasteiger partial charge in [-0.1, -0.05) is 0 Å². The molecule has 8 heavy (non-hydrogen) atoms. The highest BCUT2D eigenvalue weighted by Gasteiger charge is 2.01. The van der Waals surface area contributed by atoms with Crippen molar-refractivity contribution < 1.29 is 0 Å². The number of nitriles is 1. The van der Waals surface area contributed by atoms with Gasteiger partial charge in [-0.05, 0) is 0 Å². The van der Waals surface area contributed by atoms with Crippen LogP contribution in [0.5, 0.6) is 0 Å². The normalized spacial score (nSPS) is 16.6. The second kappa shape index (κ2) is 2.31. The molecule has 3 nitrogen and oxygen atoms in total. The van der Waals surface area contributed by atoms with Crippen molar-refractivity contribution in [3.05, 3.63) is 0 Å². The van der Waals surface area contributed by atoms with Crippen LogP contribution in [0.25, 0.3) is 0 Å². The third-order valence-electron chi connectivity index (χ3n) is 1.04. The first-order valence-corrected chi connectivity index (χ1v) is 2.54. The fourth-order valence-electron chi connectivity index (χ4n) is 0.628. The molecule has 0 unspecified atom stereocenters. The minimum atomic E-state index is 0.476. The van der Waals surface area contributed by atoms with E-state index in [2.05, 4.69) is 4.99 Å². The van der Waals surface area contributed by atoms with Crippen molar-refractivity contribution in [3.8, 4) is 6.07 Å². The highest BCUT2D eigenvalue weighted by atomic mass is 15.2. The molecule has 0 amide bonds. The van der Waals surface area contributed by atoms with Crippen LogP contribution in [0.3, 0.4) is 0 Å². The third-order valence-corrected chi connectivity index (χ3v) is 1.04. The van der Waals surface area contributed by atoms with Gasteiger partial charge in [0, 0.05) is 6.54 Å². The Balaban J connectivity index is 2.28. The fraction of sp³-hybridized carbons (Fsp3) is 0.600. The van der Waals surface area contributed by atoms with Gasteiger partial charge >= 0.3 is 0 Å². The Morgan fingerprint density at radius 3 is 3.25 bits per heavy atom. The van der Waals surface area contributed by atoms with Crippen LogP contribution in [0.15, 0.2) is 4.99 Å². The van der Waals surface area contributed by atoms with Crippen LogP contribution < -0.4 is 0 Å². The lowest BCUT2D eigenvalue weighted by Crippen LogP contribution is -2.19. The van der Waals surface area contributed by atoms with Gasteiger partial charge in [0.15, 0.2) is 0 Å². The maximum atomic E-state index is 8.17. The average Bonchev–Trinajstić information content (AvgIpc) is 2.19. The number of hydrogen-bond donors (Lipinski definition) is 0. The zero-order valence-corrected chi connectivity index (χ0v) is 4.54. The summed E-state index contributed by atoms with van der Waals surface area (Å²) in [4.78, 5) is 5.82. The van der Waals surface area contributed by atoms with Crippen molar-refractivity contribution in [1.29, 1.82) is 5.26 Å². The van der Waals surface area contributed by atoms with Crippen molar-refractivity contribution >= 4 is 6.34 Å². The summed E-state index contributed by atoms with van der Waals surface area (Å²) in [5, 5.41) is 8.17. The van der Waals surface area contributed by atoms with E-state index in [9.17, 15) is 0 Å². The van der Waals surface area contributed by atoms with E-state index in [1.165, 1.54) is 0 Å². The molecule has 0 spiro atoms. The monoisotopic (exact) mass is 109 g/mol.